The number of H-pyrrole nitrogens is 2. The summed E-state index contributed by atoms with van der Waals surface area (Å²) in [4.78, 5) is 90.2. The molecule has 0 spiro atoms. The van der Waals surface area contributed by atoms with Crippen LogP contribution in [0.2, 0.25) is 0 Å². The number of aromatic amines is 2. The fourth-order valence-corrected chi connectivity index (χ4v) is 5.03. The monoisotopic (exact) mass is 724 g/mol. The number of carbonyl (C=O) groups excluding carboxylic acids is 5. The summed E-state index contributed by atoms with van der Waals surface area (Å²) in [6, 6.07) is -2.83. The highest BCUT2D eigenvalue weighted by atomic mass is 35.5. The van der Waals surface area contributed by atoms with E-state index in [4.69, 9.17) is 5.73 Å². The number of nitrogens with one attached hydrogen (secondary N) is 7. The lowest BCUT2D eigenvalue weighted by Gasteiger charge is -2.23. The highest BCUT2D eigenvalue weighted by Gasteiger charge is 2.29. The van der Waals surface area contributed by atoms with Crippen molar-refractivity contribution in [3.63, 3.8) is 0 Å². The Balaban J connectivity index is 0.0000125. The lowest BCUT2D eigenvalue weighted by Crippen LogP contribution is -2.49. The Labute approximate surface area is 298 Å². The molecule has 0 saturated heterocycles. The number of hydrogen-bond acceptors (Lipinski definition) is 10. The van der Waals surface area contributed by atoms with Crippen LogP contribution < -0.4 is 32.3 Å². The van der Waals surface area contributed by atoms with Crippen molar-refractivity contribution in [3.8, 4) is 0 Å². The standard InChI is InChI=1S/C32H52N10O7.ClH/c1-16(2)8-20(40-29(45)25-27(38-15-36-25)31(47)42-22(32(48)49)10-18(5)6)12-34-13-23(43)21(9-17(3)4)41-30(46)26-24(35-14-37-26)28(44)39-19(7)11-33;/h14-22,34H,8-13,33H2,1-7H3,(H,35,37)(H,36,38)(H,39,44)(H,40,45)(H,41,46)(H,42,47)(H,48,49);1H/t19-,20-,21-,22-;/m0./s1. The molecule has 2 rings (SSSR count). The van der Waals surface area contributed by atoms with Gasteiger partial charge in [0, 0.05) is 25.2 Å². The van der Waals surface area contributed by atoms with Crippen LogP contribution in [-0.2, 0) is 9.59 Å². The minimum atomic E-state index is -1.19. The molecule has 2 aromatic rings. The summed E-state index contributed by atoms with van der Waals surface area (Å²) in [5, 5.41) is 23.3. The van der Waals surface area contributed by atoms with E-state index in [1.165, 1.54) is 12.7 Å². The Morgan fingerprint density at radius 2 is 1.16 bits per heavy atom. The summed E-state index contributed by atoms with van der Waals surface area (Å²) in [6.45, 7) is 13.4. The molecule has 0 bridgehead atoms. The number of carbonyl (C=O) groups is 6. The van der Waals surface area contributed by atoms with Gasteiger partial charge in [0.15, 0.2) is 17.2 Å². The normalized spacial score (nSPS) is 13.6. The zero-order valence-electron chi connectivity index (χ0n) is 29.7. The van der Waals surface area contributed by atoms with Crippen molar-refractivity contribution in [2.45, 2.75) is 91.9 Å². The second-order valence-corrected chi connectivity index (χ2v) is 13.4. The first-order chi connectivity index (χ1) is 23.0. The number of nitrogens with two attached hydrogens (primary N) is 1. The van der Waals surface area contributed by atoms with Crippen molar-refractivity contribution in [2.75, 3.05) is 19.6 Å². The van der Waals surface area contributed by atoms with Crippen LogP contribution >= 0.6 is 12.4 Å². The minimum Gasteiger partial charge on any atom is -0.480 e. The number of amides is 4. The molecule has 0 unspecified atom stereocenters. The molecular formula is C32H53ClN10O7. The van der Waals surface area contributed by atoms with Crippen LogP contribution in [0.15, 0.2) is 12.7 Å². The molecule has 0 aliphatic rings. The van der Waals surface area contributed by atoms with Crippen LogP contribution in [0.5, 0.6) is 0 Å². The van der Waals surface area contributed by atoms with E-state index in [0.29, 0.717) is 12.8 Å². The summed E-state index contributed by atoms with van der Waals surface area (Å²) >= 11 is 0. The zero-order chi connectivity index (χ0) is 36.8. The highest BCUT2D eigenvalue weighted by Crippen LogP contribution is 2.12. The third kappa shape index (κ3) is 13.9. The lowest BCUT2D eigenvalue weighted by molar-refractivity contribution is -0.139. The predicted molar refractivity (Wildman–Crippen MR) is 188 cm³/mol. The molecule has 10 N–H and O–H groups in total. The molecule has 0 aromatic carbocycles. The van der Waals surface area contributed by atoms with E-state index in [-0.39, 0.29) is 90.8 Å². The molecule has 2 aromatic heterocycles. The molecule has 0 aliphatic heterocycles. The molecule has 0 aliphatic carbocycles. The van der Waals surface area contributed by atoms with Gasteiger partial charge in [-0.3, -0.25) is 24.0 Å². The number of imidazole rings is 2. The molecule has 50 heavy (non-hydrogen) atoms. The van der Waals surface area contributed by atoms with Gasteiger partial charge in [-0.1, -0.05) is 41.5 Å². The molecule has 280 valence electrons. The van der Waals surface area contributed by atoms with Gasteiger partial charge in [-0.15, -0.1) is 12.4 Å². The Bertz CT molecular complexity index is 1440. The van der Waals surface area contributed by atoms with Gasteiger partial charge in [0.05, 0.1) is 25.2 Å². The number of nitrogens with zero attached hydrogens (tertiary/aromatic N) is 2. The molecule has 17 nitrogen and oxygen atoms in total. The summed E-state index contributed by atoms with van der Waals surface area (Å²) in [6.07, 6.45) is 3.46. The van der Waals surface area contributed by atoms with E-state index >= 15 is 0 Å². The Kier molecular flexibility index (Phi) is 18.3. The number of aliphatic carboxylic acids is 1. The van der Waals surface area contributed by atoms with Gasteiger partial charge < -0.3 is 47.4 Å². The maximum Gasteiger partial charge on any atom is 0.326 e. The fourth-order valence-electron chi connectivity index (χ4n) is 5.03. The first kappa shape index (κ1) is 43.7. The summed E-state index contributed by atoms with van der Waals surface area (Å²) < 4.78 is 0. The van der Waals surface area contributed by atoms with E-state index in [9.17, 15) is 33.9 Å². The van der Waals surface area contributed by atoms with E-state index in [1.807, 2.05) is 41.5 Å². The van der Waals surface area contributed by atoms with Gasteiger partial charge in [-0.2, -0.15) is 0 Å². The molecule has 4 amide bonds. The van der Waals surface area contributed by atoms with Crippen molar-refractivity contribution in [2.24, 2.45) is 23.5 Å². The Morgan fingerprint density at radius 3 is 1.62 bits per heavy atom. The maximum absolute atomic E-state index is 13.3. The van der Waals surface area contributed by atoms with Gasteiger partial charge in [0.1, 0.15) is 17.4 Å². The van der Waals surface area contributed by atoms with E-state index in [0.717, 1.165) is 0 Å². The molecule has 2 heterocycles. The van der Waals surface area contributed by atoms with Gasteiger partial charge in [-0.25, -0.2) is 14.8 Å². The third-order valence-corrected chi connectivity index (χ3v) is 7.39. The maximum atomic E-state index is 13.3. The largest absolute Gasteiger partial charge is 0.480 e. The highest BCUT2D eigenvalue weighted by molar-refractivity contribution is 6.06. The second-order valence-electron chi connectivity index (χ2n) is 13.4. The van der Waals surface area contributed by atoms with Crippen molar-refractivity contribution in [3.05, 3.63) is 35.4 Å². The van der Waals surface area contributed by atoms with Crippen LogP contribution in [0.1, 0.15) is 110 Å². The van der Waals surface area contributed by atoms with Crippen LogP contribution in [0, 0.1) is 17.8 Å². The molecule has 0 saturated carbocycles. The number of ketones is 1. The number of rotatable bonds is 21. The molecule has 0 fully saturated rings. The molecule has 0 radical (unpaired) electrons. The van der Waals surface area contributed by atoms with Gasteiger partial charge in [0.25, 0.3) is 23.6 Å². The number of aromatic nitrogens is 4. The summed E-state index contributed by atoms with van der Waals surface area (Å²) in [5.41, 5.74) is 5.01. The summed E-state index contributed by atoms with van der Waals surface area (Å²) in [7, 11) is 0. The van der Waals surface area contributed by atoms with Crippen LogP contribution in [0.4, 0.5) is 0 Å². The number of hydrogen-bond donors (Lipinski definition) is 9. The number of Topliss-reactive ketones (excluding diaryl/α,β-unsaturated/α-hetero) is 1. The molecule has 4 atom stereocenters. The molecular weight excluding hydrogens is 672 g/mol. The average Bonchev–Trinajstić information content (AvgIpc) is 3.70. The Hall–Kier alpha value is -4.35. The van der Waals surface area contributed by atoms with Gasteiger partial charge in [-0.05, 0) is 43.9 Å². The number of carboxylic acids is 1. The first-order valence-electron chi connectivity index (χ1n) is 16.5. The van der Waals surface area contributed by atoms with Crippen molar-refractivity contribution < 1.29 is 33.9 Å². The zero-order valence-corrected chi connectivity index (χ0v) is 30.5. The predicted octanol–water partition coefficient (Wildman–Crippen LogP) is 1.01. The molecule has 18 heteroatoms. The Morgan fingerprint density at radius 1 is 0.700 bits per heavy atom. The van der Waals surface area contributed by atoms with Crippen molar-refractivity contribution in [1.29, 1.82) is 0 Å². The second kappa shape index (κ2) is 21.0. The van der Waals surface area contributed by atoms with Crippen LogP contribution in [-0.4, -0.2) is 104 Å². The number of halogens is 1. The van der Waals surface area contributed by atoms with E-state index in [2.05, 4.69) is 46.5 Å². The minimum absolute atomic E-state index is 0. The van der Waals surface area contributed by atoms with Gasteiger partial charge in [0.2, 0.25) is 0 Å². The van der Waals surface area contributed by atoms with Gasteiger partial charge >= 0.3 is 5.97 Å². The smallest absolute Gasteiger partial charge is 0.326 e. The van der Waals surface area contributed by atoms with Crippen molar-refractivity contribution >= 4 is 47.8 Å². The van der Waals surface area contributed by atoms with E-state index < -0.39 is 47.7 Å². The quantitative estimate of drug-likeness (QED) is 0.0877. The fraction of sp³-hybridized carbons (Fsp3) is 0.625. The lowest BCUT2D eigenvalue weighted by atomic mass is 9.99. The number of carboxylic acid groups (broad SMARTS) is 1. The third-order valence-electron chi connectivity index (χ3n) is 7.39. The van der Waals surface area contributed by atoms with Crippen LogP contribution in [0.3, 0.4) is 0 Å². The van der Waals surface area contributed by atoms with E-state index in [1.54, 1.807) is 6.92 Å². The topological polar surface area (TPSA) is 266 Å². The average molecular weight is 725 g/mol. The summed E-state index contributed by atoms with van der Waals surface area (Å²) in [5.74, 6) is -3.94. The van der Waals surface area contributed by atoms with Crippen LogP contribution in [0.25, 0.3) is 0 Å². The SMILES string of the molecule is CC(C)C[C@@H](CNCC(=O)[C@H](CC(C)C)NC(=O)c1[nH]cnc1C(=O)N[C@@H](C)CN)NC(=O)c1nc[nH]c1C(=O)N[C@@H](CC(C)C)C(=O)O.Cl. The van der Waals surface area contributed by atoms with Crippen molar-refractivity contribution in [1.82, 2.24) is 46.5 Å². The first-order valence-corrected chi connectivity index (χ1v) is 16.5.